The Morgan fingerprint density at radius 3 is 2.51 bits per heavy atom. The lowest BCUT2D eigenvalue weighted by molar-refractivity contribution is -0.155. The number of aliphatic hydroxyl groups excluding tert-OH is 1. The molecule has 5 rings (SSSR count). The fourth-order valence-corrected chi connectivity index (χ4v) is 6.46. The van der Waals surface area contributed by atoms with E-state index in [0.29, 0.717) is 18.6 Å². The Labute approximate surface area is 301 Å². The molecule has 1 aromatic heterocycles. The molecule has 274 valence electrons. The Bertz CT molecular complexity index is 1660. The van der Waals surface area contributed by atoms with Crippen molar-refractivity contribution in [2.24, 2.45) is 17.3 Å². The molecule has 2 amide bonds. The van der Waals surface area contributed by atoms with Gasteiger partial charge in [0.05, 0.1) is 43.4 Å². The van der Waals surface area contributed by atoms with Gasteiger partial charge in [-0.2, -0.15) is 0 Å². The van der Waals surface area contributed by atoms with Crippen molar-refractivity contribution in [1.82, 2.24) is 20.7 Å². The number of amides is 2. The number of methoxy groups -OCH3 is 1. The van der Waals surface area contributed by atoms with Crippen molar-refractivity contribution >= 4 is 29.6 Å². The molecule has 12 nitrogen and oxygen atoms in total. The number of nitrogens with one attached hydrogen (secondary N) is 2. The number of aliphatic hydroxyl groups is 1. The third kappa shape index (κ3) is 10.0. The molecule has 0 saturated carbocycles. The minimum Gasteiger partial charge on any atom is -0.468 e. The van der Waals surface area contributed by atoms with E-state index in [1.807, 2.05) is 36.4 Å². The summed E-state index contributed by atoms with van der Waals surface area (Å²) in [6, 6.07) is 14.6. The second-order valence-electron chi connectivity index (χ2n) is 13.9. The molecule has 51 heavy (non-hydrogen) atoms. The molecule has 0 radical (unpaired) electrons. The van der Waals surface area contributed by atoms with Crippen molar-refractivity contribution in [2.45, 2.75) is 64.7 Å². The largest absolute Gasteiger partial charge is 0.468 e. The predicted molar refractivity (Wildman–Crippen MR) is 185 cm³/mol. The molecule has 6 unspecified atom stereocenters. The number of ether oxygens (including phenoxy) is 4. The van der Waals surface area contributed by atoms with Gasteiger partial charge < -0.3 is 29.4 Å². The summed E-state index contributed by atoms with van der Waals surface area (Å²) in [5.74, 6) is -3.27. The lowest BCUT2D eigenvalue weighted by Gasteiger charge is -2.33. The number of nitrogens with zero attached hydrogens (tertiary/aromatic N) is 2. The van der Waals surface area contributed by atoms with Crippen molar-refractivity contribution in [2.75, 3.05) is 26.9 Å². The molecule has 0 spiro atoms. The van der Waals surface area contributed by atoms with E-state index in [1.165, 1.54) is 24.3 Å². The molecule has 0 aliphatic carbocycles. The SMILES string of the molecule is COC(=O)C(C(=O)NC(Cc1ccc(-c2cccnc2)cc1)C(O)CN(Cc1ccc(Cl)c(F)c1)NC(=O)OC1COC2OCCC12)C(C)(C)C. The van der Waals surface area contributed by atoms with Crippen molar-refractivity contribution < 1.29 is 42.8 Å². The quantitative estimate of drug-likeness (QED) is 0.129. The number of hydrogen-bond acceptors (Lipinski definition) is 10. The topological polar surface area (TPSA) is 149 Å². The molecule has 3 aromatic rings. The summed E-state index contributed by atoms with van der Waals surface area (Å²) in [4.78, 5) is 43.9. The van der Waals surface area contributed by atoms with E-state index in [1.54, 1.807) is 39.2 Å². The molecular formula is C37H44ClFN4O8. The average molecular weight is 727 g/mol. The summed E-state index contributed by atoms with van der Waals surface area (Å²) in [5, 5.41) is 16.0. The van der Waals surface area contributed by atoms with Crippen LogP contribution in [0.25, 0.3) is 11.1 Å². The van der Waals surface area contributed by atoms with Crippen LogP contribution >= 0.6 is 11.6 Å². The van der Waals surface area contributed by atoms with Gasteiger partial charge >= 0.3 is 12.1 Å². The predicted octanol–water partition coefficient (Wildman–Crippen LogP) is 4.67. The first-order chi connectivity index (χ1) is 24.3. The highest BCUT2D eigenvalue weighted by atomic mass is 35.5. The third-order valence-corrected chi connectivity index (χ3v) is 9.33. The van der Waals surface area contributed by atoms with Crippen LogP contribution in [0.5, 0.6) is 0 Å². The lowest BCUT2D eigenvalue weighted by atomic mass is 9.80. The van der Waals surface area contributed by atoms with Crippen LogP contribution in [0.2, 0.25) is 5.02 Å². The molecule has 0 bridgehead atoms. The number of fused-ring (bicyclic) bond motifs is 1. The second kappa shape index (κ2) is 16.9. The number of carbonyl (C=O) groups is 3. The van der Waals surface area contributed by atoms with E-state index in [0.717, 1.165) is 16.7 Å². The number of halogens is 2. The molecule has 6 atom stereocenters. The maximum Gasteiger partial charge on any atom is 0.422 e. The monoisotopic (exact) mass is 726 g/mol. The van der Waals surface area contributed by atoms with Crippen LogP contribution in [-0.4, -0.2) is 84.5 Å². The summed E-state index contributed by atoms with van der Waals surface area (Å²) in [5.41, 5.74) is 4.96. The molecule has 2 fully saturated rings. The minimum atomic E-state index is -1.31. The molecular weight excluding hydrogens is 683 g/mol. The van der Waals surface area contributed by atoms with Gasteiger partial charge in [-0.25, -0.2) is 14.2 Å². The van der Waals surface area contributed by atoms with E-state index in [4.69, 9.17) is 30.5 Å². The normalized spacial score (nSPS) is 20.3. The number of aromatic nitrogens is 1. The first-order valence-corrected chi connectivity index (χ1v) is 17.1. The van der Waals surface area contributed by atoms with Crippen LogP contribution in [0.4, 0.5) is 9.18 Å². The average Bonchev–Trinajstić information content (AvgIpc) is 3.71. The van der Waals surface area contributed by atoms with E-state index >= 15 is 0 Å². The van der Waals surface area contributed by atoms with E-state index < -0.39 is 59.7 Å². The van der Waals surface area contributed by atoms with Gasteiger partial charge in [0.15, 0.2) is 6.29 Å². The highest BCUT2D eigenvalue weighted by Crippen LogP contribution is 2.33. The fourth-order valence-electron chi connectivity index (χ4n) is 6.34. The van der Waals surface area contributed by atoms with E-state index in [-0.39, 0.29) is 37.1 Å². The Hall–Kier alpha value is -4.14. The van der Waals surface area contributed by atoms with Gasteiger partial charge in [-0.1, -0.05) is 68.8 Å². The standard InChI is InChI=1S/C37H44ClFN4O8/c1-37(2,3)32(34(46)48-4)33(45)41-29(17-22-7-10-24(11-8-22)25-6-5-14-40-18-25)30(44)20-43(19-23-9-12-27(38)28(39)16-23)42-36(47)51-31-21-50-35-26(31)13-15-49-35/h5-12,14,16,18,26,29-32,35,44H,13,15,17,19-21H2,1-4H3,(H,41,45)(H,42,47). The molecule has 2 saturated heterocycles. The first-order valence-electron chi connectivity index (χ1n) is 16.8. The van der Waals surface area contributed by atoms with Gasteiger partial charge in [-0.15, -0.1) is 0 Å². The molecule has 3 heterocycles. The molecule has 2 aliphatic rings. The summed E-state index contributed by atoms with van der Waals surface area (Å²) in [6.45, 7) is 5.63. The van der Waals surface area contributed by atoms with E-state index in [9.17, 15) is 23.9 Å². The highest BCUT2D eigenvalue weighted by Gasteiger charge is 2.44. The van der Waals surface area contributed by atoms with Crippen LogP contribution in [-0.2, 0) is 41.5 Å². The zero-order valence-electron chi connectivity index (χ0n) is 29.0. The van der Waals surface area contributed by atoms with Crippen LogP contribution in [0, 0.1) is 23.1 Å². The fraction of sp³-hybridized carbons (Fsp3) is 0.459. The number of hydrazine groups is 1. The number of benzene rings is 2. The summed E-state index contributed by atoms with van der Waals surface area (Å²) >= 11 is 5.91. The van der Waals surface area contributed by atoms with Crippen LogP contribution in [0.15, 0.2) is 67.0 Å². The van der Waals surface area contributed by atoms with Crippen molar-refractivity contribution in [3.63, 3.8) is 0 Å². The Morgan fingerprint density at radius 2 is 1.84 bits per heavy atom. The number of hydrogen-bond donors (Lipinski definition) is 3. The summed E-state index contributed by atoms with van der Waals surface area (Å²) in [7, 11) is 1.21. The van der Waals surface area contributed by atoms with Crippen molar-refractivity contribution in [3.8, 4) is 11.1 Å². The third-order valence-electron chi connectivity index (χ3n) is 9.02. The van der Waals surface area contributed by atoms with Gasteiger partial charge in [-0.3, -0.25) is 20.0 Å². The second-order valence-corrected chi connectivity index (χ2v) is 14.3. The van der Waals surface area contributed by atoms with Crippen molar-refractivity contribution in [1.29, 1.82) is 0 Å². The molecule has 3 N–H and O–H groups in total. The van der Waals surface area contributed by atoms with E-state index in [2.05, 4.69) is 15.7 Å². The number of esters is 1. The molecule has 14 heteroatoms. The van der Waals surface area contributed by atoms with Gasteiger partial charge in [-0.05, 0) is 58.7 Å². The minimum absolute atomic E-state index is 0.0518. The first kappa shape index (κ1) is 38.1. The van der Waals surface area contributed by atoms with Crippen molar-refractivity contribution in [3.05, 3.63) is 89.0 Å². The maximum absolute atomic E-state index is 14.4. The number of pyridine rings is 1. The maximum atomic E-state index is 14.4. The highest BCUT2D eigenvalue weighted by molar-refractivity contribution is 6.30. The van der Waals surface area contributed by atoms with Gasteiger partial charge in [0.2, 0.25) is 5.91 Å². The zero-order chi connectivity index (χ0) is 36.7. The number of carbonyl (C=O) groups excluding carboxylic acids is 3. The van der Waals surface area contributed by atoms with Crippen LogP contribution in [0.3, 0.4) is 0 Å². The van der Waals surface area contributed by atoms with Gasteiger partial charge in [0.1, 0.15) is 17.8 Å². The Morgan fingerprint density at radius 1 is 1.10 bits per heavy atom. The molecule has 2 aliphatic heterocycles. The summed E-state index contributed by atoms with van der Waals surface area (Å²) in [6.07, 6.45) is 1.20. The zero-order valence-corrected chi connectivity index (χ0v) is 29.8. The Balaban J connectivity index is 1.38. The molecule has 2 aromatic carbocycles. The lowest BCUT2D eigenvalue weighted by Crippen LogP contribution is -2.55. The van der Waals surface area contributed by atoms with Crippen LogP contribution in [0.1, 0.15) is 38.3 Å². The van der Waals surface area contributed by atoms with Gasteiger partial charge in [0, 0.05) is 25.5 Å². The summed E-state index contributed by atoms with van der Waals surface area (Å²) < 4.78 is 36.2. The number of rotatable bonds is 13. The van der Waals surface area contributed by atoms with Crippen LogP contribution < -0.4 is 10.7 Å². The Kier molecular flexibility index (Phi) is 12.6. The van der Waals surface area contributed by atoms with Gasteiger partial charge in [0.25, 0.3) is 0 Å². The smallest absolute Gasteiger partial charge is 0.422 e.